The van der Waals surface area contributed by atoms with E-state index in [4.69, 9.17) is 5.11 Å². The highest BCUT2D eigenvalue weighted by Gasteiger charge is 2.07. The zero-order valence-corrected chi connectivity index (χ0v) is 12.2. The molecular weight excluding hydrogens is 238 g/mol. The number of hydrogen-bond donors (Lipinski definition) is 3. The van der Waals surface area contributed by atoms with Gasteiger partial charge in [0.25, 0.3) is 0 Å². The number of aliphatic hydroxyl groups is 1. The molecule has 19 heavy (non-hydrogen) atoms. The van der Waals surface area contributed by atoms with Gasteiger partial charge < -0.3 is 15.7 Å². The number of pyridine rings is 1. The van der Waals surface area contributed by atoms with Crippen LogP contribution in [0.1, 0.15) is 39.5 Å². The Bertz CT molecular complexity index is 338. The first-order chi connectivity index (χ1) is 9.30. The van der Waals surface area contributed by atoms with Crippen LogP contribution in [-0.4, -0.2) is 29.8 Å². The fourth-order valence-corrected chi connectivity index (χ4v) is 2.07. The summed E-state index contributed by atoms with van der Waals surface area (Å²) in [6.07, 6.45) is 4.24. The Hall–Kier alpha value is -1.29. The van der Waals surface area contributed by atoms with Crippen LogP contribution in [0.25, 0.3) is 0 Å². The van der Waals surface area contributed by atoms with Crippen molar-refractivity contribution in [1.82, 2.24) is 4.98 Å². The van der Waals surface area contributed by atoms with Crippen molar-refractivity contribution in [2.75, 3.05) is 30.3 Å². The molecule has 0 saturated heterocycles. The highest BCUT2D eigenvalue weighted by Crippen LogP contribution is 2.14. The molecule has 0 fully saturated rings. The Balaban J connectivity index is 2.46. The first kappa shape index (κ1) is 15.8. The molecule has 3 N–H and O–H groups in total. The van der Waals surface area contributed by atoms with Crippen LogP contribution in [0.5, 0.6) is 0 Å². The van der Waals surface area contributed by atoms with E-state index in [-0.39, 0.29) is 6.61 Å². The van der Waals surface area contributed by atoms with E-state index in [0.29, 0.717) is 5.92 Å². The van der Waals surface area contributed by atoms with Gasteiger partial charge >= 0.3 is 0 Å². The van der Waals surface area contributed by atoms with Crippen LogP contribution in [0.2, 0.25) is 0 Å². The number of aromatic nitrogens is 1. The van der Waals surface area contributed by atoms with Crippen LogP contribution < -0.4 is 10.6 Å². The zero-order valence-electron chi connectivity index (χ0n) is 12.2. The van der Waals surface area contributed by atoms with Gasteiger partial charge in [-0.15, -0.1) is 0 Å². The second-order valence-corrected chi connectivity index (χ2v) is 4.88. The van der Waals surface area contributed by atoms with Gasteiger partial charge in [-0.1, -0.05) is 26.3 Å². The van der Waals surface area contributed by atoms with Gasteiger partial charge in [-0.3, -0.25) is 0 Å². The Morgan fingerprint density at radius 1 is 1.11 bits per heavy atom. The molecule has 1 rings (SSSR count). The molecule has 0 aromatic carbocycles. The van der Waals surface area contributed by atoms with Gasteiger partial charge in [-0.05, 0) is 37.3 Å². The maximum Gasteiger partial charge on any atom is 0.128 e. The average Bonchev–Trinajstić information content (AvgIpc) is 2.43. The quantitative estimate of drug-likeness (QED) is 0.608. The molecule has 1 aromatic rings. The van der Waals surface area contributed by atoms with E-state index in [1.165, 1.54) is 0 Å². The predicted octanol–water partition coefficient (Wildman–Crippen LogP) is 3.11. The minimum atomic E-state index is 0.262. The maximum atomic E-state index is 9.05. The summed E-state index contributed by atoms with van der Waals surface area (Å²) in [5.41, 5.74) is 0. The van der Waals surface area contributed by atoms with Gasteiger partial charge in [0.1, 0.15) is 11.6 Å². The number of rotatable bonds is 10. The van der Waals surface area contributed by atoms with Crippen molar-refractivity contribution in [3.8, 4) is 0 Å². The maximum absolute atomic E-state index is 9.05. The summed E-state index contributed by atoms with van der Waals surface area (Å²) in [6.45, 7) is 6.40. The first-order valence-electron chi connectivity index (χ1n) is 7.35. The van der Waals surface area contributed by atoms with Gasteiger partial charge in [0.15, 0.2) is 0 Å². The summed E-state index contributed by atoms with van der Waals surface area (Å²) in [7, 11) is 0. The monoisotopic (exact) mass is 265 g/mol. The molecule has 0 amide bonds. The lowest BCUT2D eigenvalue weighted by Gasteiger charge is -2.16. The van der Waals surface area contributed by atoms with Crippen LogP contribution in [0.4, 0.5) is 11.6 Å². The topological polar surface area (TPSA) is 57.2 Å². The van der Waals surface area contributed by atoms with Crippen molar-refractivity contribution in [3.63, 3.8) is 0 Å². The van der Waals surface area contributed by atoms with E-state index in [9.17, 15) is 0 Å². The third-order valence-electron chi connectivity index (χ3n) is 3.11. The smallest absolute Gasteiger partial charge is 0.128 e. The Morgan fingerprint density at radius 2 is 1.84 bits per heavy atom. The van der Waals surface area contributed by atoms with Crippen molar-refractivity contribution in [1.29, 1.82) is 0 Å². The zero-order chi connectivity index (χ0) is 13.9. The normalized spacial score (nSPS) is 12.2. The van der Waals surface area contributed by atoms with Crippen molar-refractivity contribution in [2.45, 2.75) is 39.5 Å². The van der Waals surface area contributed by atoms with Crippen LogP contribution in [-0.2, 0) is 0 Å². The highest BCUT2D eigenvalue weighted by atomic mass is 16.3. The molecule has 1 heterocycles. The van der Waals surface area contributed by atoms with Crippen molar-refractivity contribution < 1.29 is 5.11 Å². The fraction of sp³-hybridized carbons (Fsp3) is 0.667. The van der Waals surface area contributed by atoms with E-state index in [1.807, 2.05) is 18.2 Å². The Morgan fingerprint density at radius 3 is 2.47 bits per heavy atom. The van der Waals surface area contributed by atoms with Gasteiger partial charge in [0.2, 0.25) is 0 Å². The molecule has 0 bridgehead atoms. The number of nitrogens with one attached hydrogen (secondary N) is 2. The molecule has 4 heteroatoms. The largest absolute Gasteiger partial charge is 0.396 e. The van der Waals surface area contributed by atoms with Crippen LogP contribution >= 0.6 is 0 Å². The third-order valence-corrected chi connectivity index (χ3v) is 3.11. The second kappa shape index (κ2) is 9.62. The lowest BCUT2D eigenvalue weighted by atomic mass is 10.0. The molecular formula is C15H27N3O. The van der Waals surface area contributed by atoms with E-state index in [0.717, 1.165) is 50.4 Å². The number of anilines is 2. The molecule has 0 spiro atoms. The molecule has 0 saturated carbocycles. The number of aliphatic hydroxyl groups excluding tert-OH is 1. The SMILES string of the molecule is CCCNc1cccc(NCC(CCC)CCO)n1. The van der Waals surface area contributed by atoms with Crippen molar-refractivity contribution in [3.05, 3.63) is 18.2 Å². The number of nitrogens with zero attached hydrogens (tertiary/aromatic N) is 1. The first-order valence-corrected chi connectivity index (χ1v) is 7.35. The summed E-state index contributed by atoms with van der Waals surface area (Å²) < 4.78 is 0. The summed E-state index contributed by atoms with van der Waals surface area (Å²) in [5, 5.41) is 15.7. The fourth-order valence-electron chi connectivity index (χ4n) is 2.07. The predicted molar refractivity (Wildman–Crippen MR) is 81.6 cm³/mol. The van der Waals surface area contributed by atoms with E-state index >= 15 is 0 Å². The minimum absolute atomic E-state index is 0.262. The van der Waals surface area contributed by atoms with E-state index < -0.39 is 0 Å². The van der Waals surface area contributed by atoms with E-state index in [2.05, 4.69) is 29.5 Å². The Labute approximate surface area is 116 Å². The number of hydrogen-bond acceptors (Lipinski definition) is 4. The van der Waals surface area contributed by atoms with E-state index in [1.54, 1.807) is 0 Å². The molecule has 0 aliphatic heterocycles. The molecule has 1 aromatic heterocycles. The lowest BCUT2D eigenvalue weighted by Crippen LogP contribution is -2.16. The van der Waals surface area contributed by atoms with Crippen molar-refractivity contribution >= 4 is 11.6 Å². The Kier molecular flexibility index (Phi) is 7.98. The molecule has 108 valence electrons. The molecule has 0 aliphatic carbocycles. The van der Waals surface area contributed by atoms with Crippen LogP contribution in [0.3, 0.4) is 0 Å². The summed E-state index contributed by atoms with van der Waals surface area (Å²) in [5.74, 6) is 2.34. The molecule has 1 atom stereocenters. The molecule has 1 unspecified atom stereocenters. The van der Waals surface area contributed by atoms with Gasteiger partial charge in [0, 0.05) is 19.7 Å². The molecule has 0 aliphatic rings. The second-order valence-electron chi connectivity index (χ2n) is 4.88. The summed E-state index contributed by atoms with van der Waals surface area (Å²) >= 11 is 0. The summed E-state index contributed by atoms with van der Waals surface area (Å²) in [4.78, 5) is 4.52. The third kappa shape index (κ3) is 6.43. The highest BCUT2D eigenvalue weighted by molar-refractivity contribution is 5.45. The van der Waals surface area contributed by atoms with Gasteiger partial charge in [-0.2, -0.15) is 0 Å². The molecule has 4 nitrogen and oxygen atoms in total. The van der Waals surface area contributed by atoms with Crippen molar-refractivity contribution in [2.24, 2.45) is 5.92 Å². The molecule has 0 radical (unpaired) electrons. The lowest BCUT2D eigenvalue weighted by molar-refractivity contribution is 0.255. The van der Waals surface area contributed by atoms with Gasteiger partial charge in [0.05, 0.1) is 0 Å². The van der Waals surface area contributed by atoms with Crippen LogP contribution in [0.15, 0.2) is 18.2 Å². The average molecular weight is 265 g/mol. The standard InChI is InChI=1S/C15H27N3O/c1-3-6-13(9-11-19)12-17-15-8-5-7-14(18-15)16-10-4-2/h5,7-8,13,19H,3-4,6,9-12H2,1-2H3,(H2,16,17,18). The van der Waals surface area contributed by atoms with Crippen LogP contribution in [0, 0.1) is 5.92 Å². The minimum Gasteiger partial charge on any atom is -0.396 e. The van der Waals surface area contributed by atoms with Gasteiger partial charge in [-0.25, -0.2) is 4.98 Å². The summed E-state index contributed by atoms with van der Waals surface area (Å²) in [6, 6.07) is 5.98.